The van der Waals surface area contributed by atoms with E-state index in [1.165, 1.54) is 6.20 Å². The number of aliphatic hydroxyl groups excluding tert-OH is 1. The molecule has 1 heterocycles. The van der Waals surface area contributed by atoms with E-state index in [1.807, 2.05) is 30.3 Å². The summed E-state index contributed by atoms with van der Waals surface area (Å²) in [6.07, 6.45) is 1.97. The Bertz CT molecular complexity index is 524. The number of rotatable bonds is 5. The maximum atomic E-state index is 10.3. The summed E-state index contributed by atoms with van der Waals surface area (Å²) in [5.74, 6) is 0. The molecule has 1 N–H and O–H groups in total. The molecule has 0 spiro atoms. The third-order valence-corrected chi connectivity index (χ3v) is 2.55. The zero-order valence-corrected chi connectivity index (χ0v) is 9.64. The third-order valence-electron chi connectivity index (χ3n) is 2.55. The molecule has 0 saturated carbocycles. The standard InChI is InChI=1S/C12H13N3O3/c16-12(9-15(17)18)11-6-13-14(8-11)7-10-4-2-1-3-5-10/h1-6,8,12,16H,7,9H2. The van der Waals surface area contributed by atoms with Crippen molar-refractivity contribution in [3.05, 3.63) is 64.0 Å². The van der Waals surface area contributed by atoms with Gasteiger partial charge in [-0.1, -0.05) is 30.3 Å². The van der Waals surface area contributed by atoms with Crippen molar-refractivity contribution in [1.29, 1.82) is 0 Å². The molecule has 2 rings (SSSR count). The molecular weight excluding hydrogens is 234 g/mol. The monoisotopic (exact) mass is 247 g/mol. The lowest BCUT2D eigenvalue weighted by molar-refractivity contribution is -0.491. The van der Waals surface area contributed by atoms with Crippen molar-refractivity contribution >= 4 is 0 Å². The summed E-state index contributed by atoms with van der Waals surface area (Å²) in [5.41, 5.74) is 1.54. The van der Waals surface area contributed by atoms with E-state index >= 15 is 0 Å². The summed E-state index contributed by atoms with van der Waals surface area (Å²) in [7, 11) is 0. The number of nitrogens with zero attached hydrogens (tertiary/aromatic N) is 3. The molecule has 18 heavy (non-hydrogen) atoms. The summed E-state index contributed by atoms with van der Waals surface area (Å²) >= 11 is 0. The second kappa shape index (κ2) is 5.42. The van der Waals surface area contributed by atoms with Crippen molar-refractivity contribution in [3.63, 3.8) is 0 Å². The number of hydrogen-bond acceptors (Lipinski definition) is 4. The second-order valence-corrected chi connectivity index (χ2v) is 3.99. The Morgan fingerprint density at radius 1 is 1.39 bits per heavy atom. The fourth-order valence-electron chi connectivity index (χ4n) is 1.66. The Hall–Kier alpha value is -2.21. The van der Waals surface area contributed by atoms with Gasteiger partial charge in [-0.15, -0.1) is 0 Å². The minimum atomic E-state index is -1.11. The van der Waals surface area contributed by atoms with E-state index in [-0.39, 0.29) is 0 Å². The van der Waals surface area contributed by atoms with Crippen LogP contribution in [0, 0.1) is 10.1 Å². The van der Waals surface area contributed by atoms with E-state index in [0.717, 1.165) is 5.56 Å². The highest BCUT2D eigenvalue weighted by molar-refractivity contribution is 5.16. The average molecular weight is 247 g/mol. The van der Waals surface area contributed by atoms with E-state index in [2.05, 4.69) is 5.10 Å². The molecule has 0 amide bonds. The van der Waals surface area contributed by atoms with E-state index < -0.39 is 17.6 Å². The molecule has 0 aliphatic heterocycles. The van der Waals surface area contributed by atoms with E-state index in [0.29, 0.717) is 12.1 Å². The molecule has 1 aromatic carbocycles. The topological polar surface area (TPSA) is 81.2 Å². The number of nitro groups is 1. The minimum Gasteiger partial charge on any atom is -0.381 e. The van der Waals surface area contributed by atoms with E-state index in [9.17, 15) is 15.2 Å². The third kappa shape index (κ3) is 3.14. The van der Waals surface area contributed by atoms with Gasteiger partial charge < -0.3 is 5.11 Å². The second-order valence-electron chi connectivity index (χ2n) is 3.99. The summed E-state index contributed by atoms with van der Waals surface area (Å²) in [4.78, 5) is 9.76. The van der Waals surface area contributed by atoms with Crippen LogP contribution in [0.25, 0.3) is 0 Å². The molecule has 0 aliphatic carbocycles. The molecule has 2 aromatic rings. The van der Waals surface area contributed by atoms with Gasteiger partial charge in [-0.2, -0.15) is 5.10 Å². The van der Waals surface area contributed by atoms with E-state index in [1.54, 1.807) is 10.9 Å². The molecule has 0 radical (unpaired) electrons. The first-order valence-electron chi connectivity index (χ1n) is 5.51. The lowest BCUT2D eigenvalue weighted by Gasteiger charge is -2.02. The largest absolute Gasteiger partial charge is 0.381 e. The van der Waals surface area contributed by atoms with Gasteiger partial charge in [0.1, 0.15) is 6.10 Å². The summed E-state index contributed by atoms with van der Waals surface area (Å²) in [5, 5.41) is 23.9. The Kier molecular flexibility index (Phi) is 3.69. The van der Waals surface area contributed by atoms with Crippen molar-refractivity contribution < 1.29 is 10.0 Å². The molecule has 0 bridgehead atoms. The first-order valence-corrected chi connectivity index (χ1v) is 5.51. The van der Waals surface area contributed by atoms with Crippen LogP contribution in [0.4, 0.5) is 0 Å². The number of hydrogen-bond donors (Lipinski definition) is 1. The van der Waals surface area contributed by atoms with Crippen LogP contribution in [0.2, 0.25) is 0 Å². The quantitative estimate of drug-likeness (QED) is 0.636. The van der Waals surface area contributed by atoms with Gasteiger partial charge in [0, 0.05) is 16.7 Å². The highest BCUT2D eigenvalue weighted by Crippen LogP contribution is 2.12. The lowest BCUT2D eigenvalue weighted by atomic mass is 10.2. The molecule has 0 aliphatic rings. The van der Waals surface area contributed by atoms with Crippen molar-refractivity contribution in [2.75, 3.05) is 6.54 Å². The van der Waals surface area contributed by atoms with E-state index in [4.69, 9.17) is 0 Å². The molecule has 1 unspecified atom stereocenters. The predicted molar refractivity (Wildman–Crippen MR) is 64.6 cm³/mol. The summed E-state index contributed by atoms with van der Waals surface area (Å²) in [6.45, 7) is 0.0725. The minimum absolute atomic E-state index is 0.461. The summed E-state index contributed by atoms with van der Waals surface area (Å²) < 4.78 is 1.65. The molecule has 6 nitrogen and oxygen atoms in total. The first-order chi connectivity index (χ1) is 8.65. The fourth-order valence-corrected chi connectivity index (χ4v) is 1.66. The maximum absolute atomic E-state index is 10.3. The van der Waals surface area contributed by atoms with Crippen LogP contribution in [0.5, 0.6) is 0 Å². The predicted octanol–water partition coefficient (Wildman–Crippen LogP) is 1.24. The smallest absolute Gasteiger partial charge is 0.233 e. The molecular formula is C12H13N3O3. The number of benzene rings is 1. The number of aliphatic hydroxyl groups is 1. The van der Waals surface area contributed by atoms with Crippen molar-refractivity contribution in [1.82, 2.24) is 9.78 Å². The zero-order valence-electron chi connectivity index (χ0n) is 9.64. The van der Waals surface area contributed by atoms with Crippen LogP contribution in [-0.4, -0.2) is 26.4 Å². The normalized spacial score (nSPS) is 12.3. The van der Waals surface area contributed by atoms with Crippen LogP contribution >= 0.6 is 0 Å². The highest BCUT2D eigenvalue weighted by Gasteiger charge is 2.15. The lowest BCUT2D eigenvalue weighted by Crippen LogP contribution is -2.11. The Balaban J connectivity index is 2.04. The average Bonchev–Trinajstić information content (AvgIpc) is 2.78. The number of aromatic nitrogens is 2. The molecule has 1 aromatic heterocycles. The maximum Gasteiger partial charge on any atom is 0.233 e. The van der Waals surface area contributed by atoms with Gasteiger partial charge >= 0.3 is 0 Å². The molecule has 0 saturated heterocycles. The van der Waals surface area contributed by atoms with Gasteiger partial charge in [-0.05, 0) is 5.56 Å². The van der Waals surface area contributed by atoms with Gasteiger partial charge in [-0.25, -0.2) is 0 Å². The van der Waals surface area contributed by atoms with Gasteiger partial charge in [0.25, 0.3) is 0 Å². The van der Waals surface area contributed by atoms with Crippen LogP contribution in [0.3, 0.4) is 0 Å². The fraction of sp³-hybridized carbons (Fsp3) is 0.250. The molecule has 94 valence electrons. The zero-order chi connectivity index (χ0) is 13.0. The summed E-state index contributed by atoms with van der Waals surface area (Å²) in [6, 6.07) is 9.73. The van der Waals surface area contributed by atoms with Crippen molar-refractivity contribution in [2.24, 2.45) is 0 Å². The van der Waals surface area contributed by atoms with Crippen LogP contribution < -0.4 is 0 Å². The van der Waals surface area contributed by atoms with Crippen LogP contribution in [-0.2, 0) is 6.54 Å². The van der Waals surface area contributed by atoms with Crippen LogP contribution in [0.15, 0.2) is 42.7 Å². The molecule has 6 heteroatoms. The Labute approximate surface area is 104 Å². The molecule has 1 atom stereocenters. The van der Waals surface area contributed by atoms with Crippen LogP contribution in [0.1, 0.15) is 17.2 Å². The SMILES string of the molecule is O=[N+]([O-])CC(O)c1cnn(Cc2ccccc2)c1. The van der Waals surface area contributed by atoms with Gasteiger partial charge in [0.2, 0.25) is 6.54 Å². The highest BCUT2D eigenvalue weighted by atomic mass is 16.6. The van der Waals surface area contributed by atoms with Gasteiger partial charge in [-0.3, -0.25) is 14.8 Å². The van der Waals surface area contributed by atoms with Gasteiger partial charge in [0.15, 0.2) is 0 Å². The first kappa shape index (κ1) is 12.3. The van der Waals surface area contributed by atoms with Crippen molar-refractivity contribution in [2.45, 2.75) is 12.6 Å². The Morgan fingerprint density at radius 3 is 2.78 bits per heavy atom. The van der Waals surface area contributed by atoms with Crippen molar-refractivity contribution in [3.8, 4) is 0 Å². The molecule has 0 fully saturated rings. The van der Waals surface area contributed by atoms with Gasteiger partial charge in [0.05, 0.1) is 12.7 Å². The Morgan fingerprint density at radius 2 is 2.11 bits per heavy atom.